The van der Waals surface area contributed by atoms with Gasteiger partial charge in [0, 0.05) is 32.5 Å². The second-order valence-electron chi connectivity index (χ2n) is 7.45. The van der Waals surface area contributed by atoms with Crippen molar-refractivity contribution in [2.45, 2.75) is 31.7 Å². The van der Waals surface area contributed by atoms with E-state index in [9.17, 15) is 14.4 Å². The number of carbonyl (C=O) groups is 3. The lowest BCUT2D eigenvalue weighted by Crippen LogP contribution is -2.43. The van der Waals surface area contributed by atoms with Gasteiger partial charge in [0.15, 0.2) is 0 Å². The van der Waals surface area contributed by atoms with E-state index in [1.807, 2.05) is 48.6 Å². The van der Waals surface area contributed by atoms with E-state index in [-0.39, 0.29) is 11.8 Å². The van der Waals surface area contributed by atoms with Crippen LogP contribution in [0, 0.1) is 0 Å². The minimum Gasteiger partial charge on any atom is -0.467 e. The molecule has 0 unspecified atom stereocenters. The lowest BCUT2D eigenvalue weighted by atomic mass is 10.0. The van der Waals surface area contributed by atoms with Crippen LogP contribution in [-0.2, 0) is 20.7 Å². The minimum absolute atomic E-state index is 0.114. The van der Waals surface area contributed by atoms with Gasteiger partial charge in [0.25, 0.3) is 5.91 Å². The molecule has 0 spiro atoms. The molecule has 2 aromatic rings. The predicted octanol–water partition coefficient (Wildman–Crippen LogP) is 3.47. The minimum atomic E-state index is -0.770. The predicted molar refractivity (Wildman–Crippen MR) is 121 cm³/mol. The summed E-state index contributed by atoms with van der Waals surface area (Å²) in [5, 5.41) is 2.78. The molecule has 0 aliphatic rings. The highest BCUT2D eigenvalue weighted by Gasteiger charge is 2.22. The number of rotatable bonds is 10. The van der Waals surface area contributed by atoms with Crippen molar-refractivity contribution < 1.29 is 19.1 Å². The third-order valence-corrected chi connectivity index (χ3v) is 4.79. The lowest BCUT2D eigenvalue weighted by Gasteiger charge is -2.17. The molecule has 0 saturated carbocycles. The molecule has 164 valence electrons. The summed E-state index contributed by atoms with van der Waals surface area (Å²) < 4.78 is 4.86. The first-order chi connectivity index (χ1) is 14.9. The number of methoxy groups -OCH3 is 1. The fourth-order valence-electron chi connectivity index (χ4n) is 3.02. The number of esters is 1. The Morgan fingerprint density at radius 1 is 1.06 bits per heavy atom. The lowest BCUT2D eigenvalue weighted by molar-refractivity contribution is -0.142. The molecule has 31 heavy (non-hydrogen) atoms. The maximum absolute atomic E-state index is 12.7. The second-order valence-corrected chi connectivity index (χ2v) is 7.45. The Balaban J connectivity index is 1.98. The van der Waals surface area contributed by atoms with E-state index in [0.29, 0.717) is 18.4 Å². The number of nitrogens with zero attached hydrogens (tertiary/aromatic N) is 1. The SMILES string of the molecule is COC(=O)[C@@H](Cc1ccccc1)NC(=O)c1cccc(C=CCCCC(=O)N(C)C)c1. The molecule has 0 bridgehead atoms. The van der Waals surface area contributed by atoms with E-state index in [1.54, 1.807) is 37.2 Å². The van der Waals surface area contributed by atoms with Gasteiger partial charge >= 0.3 is 5.97 Å². The molecule has 0 saturated heterocycles. The van der Waals surface area contributed by atoms with Crippen molar-refractivity contribution >= 4 is 23.9 Å². The smallest absolute Gasteiger partial charge is 0.328 e. The van der Waals surface area contributed by atoms with Gasteiger partial charge in [-0.1, -0.05) is 54.6 Å². The van der Waals surface area contributed by atoms with Crippen LogP contribution < -0.4 is 5.32 Å². The molecule has 1 atom stereocenters. The Morgan fingerprint density at radius 3 is 2.48 bits per heavy atom. The first kappa shape index (κ1) is 23.9. The van der Waals surface area contributed by atoms with Crippen molar-refractivity contribution in [1.29, 1.82) is 0 Å². The summed E-state index contributed by atoms with van der Waals surface area (Å²) in [4.78, 5) is 38.1. The third kappa shape index (κ3) is 8.09. The number of carbonyl (C=O) groups excluding carboxylic acids is 3. The van der Waals surface area contributed by atoms with Gasteiger partial charge < -0.3 is 15.0 Å². The maximum Gasteiger partial charge on any atom is 0.328 e. The van der Waals surface area contributed by atoms with Crippen LogP contribution in [-0.4, -0.2) is 49.9 Å². The maximum atomic E-state index is 12.7. The highest BCUT2D eigenvalue weighted by atomic mass is 16.5. The molecular weight excluding hydrogens is 392 g/mol. The van der Waals surface area contributed by atoms with Crippen molar-refractivity contribution in [3.05, 3.63) is 77.4 Å². The highest BCUT2D eigenvalue weighted by Crippen LogP contribution is 2.11. The Labute approximate surface area is 183 Å². The van der Waals surface area contributed by atoms with E-state index in [0.717, 1.165) is 24.0 Å². The zero-order chi connectivity index (χ0) is 22.6. The molecular formula is C25H30N2O4. The van der Waals surface area contributed by atoms with Gasteiger partial charge in [-0.15, -0.1) is 0 Å². The number of hydrogen-bond acceptors (Lipinski definition) is 4. The van der Waals surface area contributed by atoms with E-state index >= 15 is 0 Å². The van der Waals surface area contributed by atoms with Gasteiger partial charge in [-0.05, 0) is 36.1 Å². The molecule has 0 aliphatic carbocycles. The van der Waals surface area contributed by atoms with Gasteiger partial charge in [-0.25, -0.2) is 4.79 Å². The fraction of sp³-hybridized carbons (Fsp3) is 0.320. The van der Waals surface area contributed by atoms with E-state index in [1.165, 1.54) is 7.11 Å². The third-order valence-electron chi connectivity index (χ3n) is 4.79. The number of unbranched alkanes of at least 4 members (excludes halogenated alkanes) is 1. The van der Waals surface area contributed by atoms with Crippen LogP contribution >= 0.6 is 0 Å². The number of nitrogens with one attached hydrogen (secondary N) is 1. The Bertz CT molecular complexity index is 907. The van der Waals surface area contributed by atoms with Crippen LogP contribution in [0.3, 0.4) is 0 Å². The topological polar surface area (TPSA) is 75.7 Å². The summed E-state index contributed by atoms with van der Waals surface area (Å²) in [6.07, 6.45) is 6.33. The molecule has 2 amide bonds. The number of ether oxygens (including phenoxy) is 1. The number of allylic oxidation sites excluding steroid dienone is 1. The van der Waals surface area contributed by atoms with Gasteiger partial charge in [-0.3, -0.25) is 9.59 Å². The standard InChI is InChI=1S/C25H30N2O4/c1-27(2)23(28)16-9-5-8-11-19-14-10-15-21(17-19)24(29)26-22(25(30)31-3)18-20-12-6-4-7-13-20/h4,6-8,10-15,17,22H,5,9,16,18H2,1-3H3,(H,26,29)/t22-/m1/s1. The Kier molecular flexibility index (Phi) is 9.49. The van der Waals surface area contributed by atoms with Crippen LogP contribution in [0.25, 0.3) is 6.08 Å². The molecule has 0 fully saturated rings. The zero-order valence-corrected chi connectivity index (χ0v) is 18.3. The summed E-state index contributed by atoms with van der Waals surface area (Å²) in [6, 6.07) is 15.9. The number of amides is 2. The molecule has 6 heteroatoms. The molecule has 1 N–H and O–H groups in total. The summed E-state index contributed by atoms with van der Waals surface area (Å²) in [5.41, 5.74) is 2.28. The average Bonchev–Trinajstić information content (AvgIpc) is 2.78. The Hall–Kier alpha value is -3.41. The molecule has 0 heterocycles. The van der Waals surface area contributed by atoms with Crippen molar-refractivity contribution in [2.75, 3.05) is 21.2 Å². The summed E-state index contributed by atoms with van der Waals surface area (Å²) in [7, 11) is 4.81. The Morgan fingerprint density at radius 2 is 1.81 bits per heavy atom. The monoisotopic (exact) mass is 422 g/mol. The normalized spacial score (nSPS) is 11.7. The van der Waals surface area contributed by atoms with Crippen molar-refractivity contribution in [2.24, 2.45) is 0 Å². The molecule has 6 nitrogen and oxygen atoms in total. The molecule has 0 aromatic heterocycles. The van der Waals surface area contributed by atoms with Gasteiger partial charge in [0.2, 0.25) is 5.91 Å². The van der Waals surface area contributed by atoms with Crippen molar-refractivity contribution in [1.82, 2.24) is 10.2 Å². The van der Waals surface area contributed by atoms with Gasteiger partial charge in [0.05, 0.1) is 7.11 Å². The molecule has 2 rings (SSSR count). The second kappa shape index (κ2) is 12.3. The number of benzene rings is 2. The van der Waals surface area contributed by atoms with Crippen LogP contribution in [0.5, 0.6) is 0 Å². The van der Waals surface area contributed by atoms with E-state index in [4.69, 9.17) is 4.74 Å². The van der Waals surface area contributed by atoms with E-state index in [2.05, 4.69) is 5.32 Å². The van der Waals surface area contributed by atoms with E-state index < -0.39 is 12.0 Å². The van der Waals surface area contributed by atoms with Crippen LogP contribution in [0.15, 0.2) is 60.7 Å². The summed E-state index contributed by atoms with van der Waals surface area (Å²) in [5.74, 6) is -0.707. The van der Waals surface area contributed by atoms with Crippen LogP contribution in [0.1, 0.15) is 40.7 Å². The average molecular weight is 423 g/mol. The quantitative estimate of drug-likeness (QED) is 0.470. The molecule has 0 radical (unpaired) electrons. The number of hydrogen-bond donors (Lipinski definition) is 1. The largest absolute Gasteiger partial charge is 0.467 e. The summed E-state index contributed by atoms with van der Waals surface area (Å²) in [6.45, 7) is 0. The first-order valence-electron chi connectivity index (χ1n) is 10.3. The van der Waals surface area contributed by atoms with Crippen LogP contribution in [0.4, 0.5) is 0 Å². The van der Waals surface area contributed by atoms with Crippen molar-refractivity contribution in [3.63, 3.8) is 0 Å². The molecule has 2 aromatic carbocycles. The zero-order valence-electron chi connectivity index (χ0n) is 18.3. The van der Waals surface area contributed by atoms with Gasteiger partial charge in [-0.2, -0.15) is 0 Å². The highest BCUT2D eigenvalue weighted by molar-refractivity contribution is 5.97. The van der Waals surface area contributed by atoms with Crippen molar-refractivity contribution in [3.8, 4) is 0 Å². The molecule has 0 aliphatic heterocycles. The fourth-order valence-corrected chi connectivity index (χ4v) is 3.02. The summed E-state index contributed by atoms with van der Waals surface area (Å²) >= 11 is 0. The first-order valence-corrected chi connectivity index (χ1v) is 10.3. The van der Waals surface area contributed by atoms with Crippen LogP contribution in [0.2, 0.25) is 0 Å². The van der Waals surface area contributed by atoms with Gasteiger partial charge in [0.1, 0.15) is 6.04 Å².